The van der Waals surface area contributed by atoms with Crippen LogP contribution in [0.4, 0.5) is 18.9 Å². The van der Waals surface area contributed by atoms with Crippen LogP contribution >= 0.6 is 0 Å². The van der Waals surface area contributed by atoms with E-state index in [4.69, 9.17) is 0 Å². The lowest BCUT2D eigenvalue weighted by molar-refractivity contribution is -0.389. The molecule has 0 N–H and O–H groups in total. The molecular weight excluding hydrogens is 205 g/mol. The Hall–Kier alpha value is -1.86. The summed E-state index contributed by atoms with van der Waals surface area (Å²) in [7, 11) is 0.879. The Bertz CT molecular complexity index is 396. The molecule has 0 bridgehead atoms. The number of rotatable bonds is 2. The molecule has 0 saturated carbocycles. The molecule has 14 heavy (non-hydrogen) atoms. The second kappa shape index (κ2) is 3.48. The first-order valence-corrected chi connectivity index (χ1v) is 3.22. The zero-order valence-electron chi connectivity index (χ0n) is 6.75. The summed E-state index contributed by atoms with van der Waals surface area (Å²) < 4.78 is 42.1. The first-order valence-electron chi connectivity index (χ1n) is 3.22. The predicted octanol–water partition coefficient (Wildman–Crippen LogP) is 1.42. The summed E-state index contributed by atoms with van der Waals surface area (Å²) in [4.78, 5) is 11.4. The molecule has 5 nitrogen and oxygen atoms in total. The molecule has 1 aromatic rings. The first-order chi connectivity index (χ1) is 6.49. The van der Waals surface area contributed by atoms with Gasteiger partial charge in [0.1, 0.15) is 0 Å². The third-order valence-corrected chi connectivity index (χ3v) is 1.37. The fourth-order valence-electron chi connectivity index (χ4n) is 0.825. The van der Waals surface area contributed by atoms with E-state index in [1.807, 2.05) is 0 Å². The zero-order chi connectivity index (χ0) is 10.9. The van der Waals surface area contributed by atoms with Gasteiger partial charge in [0.2, 0.25) is 0 Å². The number of hydrogen-bond donors (Lipinski definition) is 0. The van der Waals surface area contributed by atoms with Gasteiger partial charge in [-0.3, -0.25) is 10.1 Å². The fourth-order valence-corrected chi connectivity index (χ4v) is 0.825. The van der Waals surface area contributed by atoms with Gasteiger partial charge < -0.3 is 4.74 Å². The van der Waals surface area contributed by atoms with E-state index < -0.39 is 34.1 Å². The van der Waals surface area contributed by atoms with E-state index in [1.165, 1.54) is 0 Å². The minimum atomic E-state index is -1.88. The smallest absolute Gasteiger partial charge is 0.355 e. The standard InChI is InChI=1S/C6H3F3N2O3/c1-14-4-3(11(12)13)2(7)5(8)10-6(4)9/h1H3. The van der Waals surface area contributed by atoms with E-state index in [9.17, 15) is 23.3 Å². The minimum Gasteiger partial charge on any atom is -0.487 e. The Morgan fingerprint density at radius 3 is 2.36 bits per heavy atom. The van der Waals surface area contributed by atoms with Gasteiger partial charge in [-0.05, 0) is 0 Å². The zero-order valence-corrected chi connectivity index (χ0v) is 6.75. The molecule has 1 aromatic heterocycles. The molecule has 0 radical (unpaired) electrons. The van der Waals surface area contributed by atoms with Crippen molar-refractivity contribution >= 4 is 5.69 Å². The largest absolute Gasteiger partial charge is 0.487 e. The monoisotopic (exact) mass is 208 g/mol. The third-order valence-electron chi connectivity index (χ3n) is 1.37. The van der Waals surface area contributed by atoms with Crippen molar-refractivity contribution in [1.29, 1.82) is 0 Å². The van der Waals surface area contributed by atoms with Crippen molar-refractivity contribution in [3.8, 4) is 5.75 Å². The molecule has 0 amide bonds. The van der Waals surface area contributed by atoms with Crippen molar-refractivity contribution in [1.82, 2.24) is 4.98 Å². The molecule has 0 aliphatic rings. The first kappa shape index (κ1) is 10.2. The summed E-state index contributed by atoms with van der Waals surface area (Å²) in [6.07, 6.45) is 0. The van der Waals surface area contributed by atoms with Gasteiger partial charge in [-0.1, -0.05) is 0 Å². The maximum atomic E-state index is 12.8. The van der Waals surface area contributed by atoms with E-state index in [2.05, 4.69) is 9.72 Å². The summed E-state index contributed by atoms with van der Waals surface area (Å²) in [5.41, 5.74) is -1.41. The van der Waals surface area contributed by atoms with Gasteiger partial charge in [-0.15, -0.1) is 0 Å². The maximum absolute atomic E-state index is 12.8. The van der Waals surface area contributed by atoms with Crippen LogP contribution in [0, 0.1) is 27.8 Å². The Morgan fingerprint density at radius 1 is 1.36 bits per heavy atom. The van der Waals surface area contributed by atoms with Crippen molar-refractivity contribution in [3.63, 3.8) is 0 Å². The van der Waals surface area contributed by atoms with Crippen LogP contribution in [0.15, 0.2) is 0 Å². The highest BCUT2D eigenvalue weighted by atomic mass is 19.2. The highest BCUT2D eigenvalue weighted by Gasteiger charge is 2.30. The van der Waals surface area contributed by atoms with Gasteiger partial charge in [-0.2, -0.15) is 18.2 Å². The molecule has 0 aliphatic carbocycles. The molecule has 0 aromatic carbocycles. The number of aromatic nitrogens is 1. The number of nitro groups is 1. The highest BCUT2D eigenvalue weighted by Crippen LogP contribution is 2.32. The topological polar surface area (TPSA) is 65.3 Å². The normalized spacial score (nSPS) is 10.0. The average Bonchev–Trinajstić information content (AvgIpc) is 2.10. The minimum absolute atomic E-state index is 0.879. The number of hydrogen-bond acceptors (Lipinski definition) is 4. The van der Waals surface area contributed by atoms with Crippen molar-refractivity contribution in [2.24, 2.45) is 0 Å². The number of nitrogens with zero attached hydrogens (tertiary/aromatic N) is 2. The maximum Gasteiger partial charge on any atom is 0.355 e. The van der Waals surface area contributed by atoms with E-state index in [1.54, 1.807) is 0 Å². The third kappa shape index (κ3) is 1.45. The summed E-state index contributed by atoms with van der Waals surface area (Å²) in [6, 6.07) is 0. The number of methoxy groups -OCH3 is 1. The molecule has 1 heterocycles. The molecule has 1 rings (SSSR count). The molecule has 0 aliphatic heterocycles. The van der Waals surface area contributed by atoms with Gasteiger partial charge >= 0.3 is 5.69 Å². The van der Waals surface area contributed by atoms with Gasteiger partial charge in [0, 0.05) is 0 Å². The van der Waals surface area contributed by atoms with E-state index in [0.29, 0.717) is 0 Å². The fraction of sp³-hybridized carbons (Fsp3) is 0.167. The van der Waals surface area contributed by atoms with Crippen LogP contribution in [0.5, 0.6) is 5.75 Å². The van der Waals surface area contributed by atoms with Crippen molar-refractivity contribution in [2.45, 2.75) is 0 Å². The van der Waals surface area contributed by atoms with Crippen LogP contribution < -0.4 is 4.74 Å². The number of pyridine rings is 1. The van der Waals surface area contributed by atoms with E-state index >= 15 is 0 Å². The van der Waals surface area contributed by atoms with Gasteiger partial charge in [0.05, 0.1) is 12.0 Å². The van der Waals surface area contributed by atoms with Crippen molar-refractivity contribution in [2.75, 3.05) is 7.11 Å². The molecule has 0 atom stereocenters. The molecule has 0 fully saturated rings. The lowest BCUT2D eigenvalue weighted by atomic mass is 10.3. The predicted molar refractivity (Wildman–Crippen MR) is 37.3 cm³/mol. The van der Waals surface area contributed by atoms with E-state index in [-0.39, 0.29) is 0 Å². The Balaban J connectivity index is 3.56. The average molecular weight is 208 g/mol. The van der Waals surface area contributed by atoms with Gasteiger partial charge in [0.25, 0.3) is 23.5 Å². The summed E-state index contributed by atoms with van der Waals surface area (Å²) in [5.74, 6) is -6.34. The highest BCUT2D eigenvalue weighted by molar-refractivity contribution is 5.46. The summed E-state index contributed by atoms with van der Waals surface area (Å²) in [5, 5.41) is 10.2. The molecule has 76 valence electrons. The van der Waals surface area contributed by atoms with Gasteiger partial charge in [0.15, 0.2) is 0 Å². The van der Waals surface area contributed by atoms with Crippen LogP contribution in [-0.4, -0.2) is 17.0 Å². The molecular formula is C6H3F3N2O3. The van der Waals surface area contributed by atoms with Crippen LogP contribution in [0.2, 0.25) is 0 Å². The van der Waals surface area contributed by atoms with Crippen LogP contribution in [0.3, 0.4) is 0 Å². The number of halogens is 3. The Kier molecular flexibility index (Phi) is 2.54. The molecule has 0 spiro atoms. The number of ether oxygens (including phenoxy) is 1. The summed E-state index contributed by atoms with van der Waals surface area (Å²) >= 11 is 0. The molecule has 0 unspecified atom stereocenters. The van der Waals surface area contributed by atoms with Crippen LogP contribution in [0.25, 0.3) is 0 Å². The van der Waals surface area contributed by atoms with Crippen molar-refractivity contribution < 1.29 is 22.8 Å². The lowest BCUT2D eigenvalue weighted by Gasteiger charge is -2.02. The SMILES string of the molecule is COc1c(F)nc(F)c(F)c1[N+](=O)[O-]. The summed E-state index contributed by atoms with van der Waals surface area (Å²) in [6.45, 7) is 0. The Labute approximate surface area is 75.3 Å². The van der Waals surface area contributed by atoms with E-state index in [0.717, 1.165) is 7.11 Å². The molecule has 8 heteroatoms. The second-order valence-electron chi connectivity index (χ2n) is 2.15. The van der Waals surface area contributed by atoms with Crippen molar-refractivity contribution in [3.05, 3.63) is 27.8 Å². The van der Waals surface area contributed by atoms with Gasteiger partial charge in [-0.25, -0.2) is 0 Å². The lowest BCUT2D eigenvalue weighted by Crippen LogP contribution is -2.05. The quantitative estimate of drug-likeness (QED) is 0.418. The van der Waals surface area contributed by atoms with Crippen LogP contribution in [0.1, 0.15) is 0 Å². The molecule has 0 saturated heterocycles. The Morgan fingerprint density at radius 2 is 1.93 bits per heavy atom. The second-order valence-corrected chi connectivity index (χ2v) is 2.15. The van der Waals surface area contributed by atoms with Crippen LogP contribution in [-0.2, 0) is 0 Å².